The molecule has 108 valence electrons. The quantitative estimate of drug-likeness (QED) is 0.589. The average molecular weight is 274 g/mol. The van der Waals surface area contributed by atoms with Gasteiger partial charge in [-0.2, -0.15) is 0 Å². The van der Waals surface area contributed by atoms with Crippen LogP contribution in [0.4, 0.5) is 0 Å². The maximum Gasteiger partial charge on any atom is 0.234 e. The van der Waals surface area contributed by atoms with E-state index < -0.39 is 0 Å². The van der Waals surface area contributed by atoms with E-state index >= 15 is 0 Å². The third kappa shape index (κ3) is 5.77. The third-order valence-electron chi connectivity index (χ3n) is 2.64. The molecule has 1 atom stereocenters. The number of ether oxygens (including phenoxy) is 1. The lowest BCUT2D eigenvalue weighted by molar-refractivity contribution is -0.120. The minimum atomic E-state index is -0.0738. The first-order chi connectivity index (χ1) is 9.52. The average Bonchev–Trinajstić information content (AvgIpc) is 2.39. The van der Waals surface area contributed by atoms with Crippen molar-refractivity contribution in [2.75, 3.05) is 13.1 Å². The van der Waals surface area contributed by atoms with E-state index in [9.17, 15) is 4.79 Å². The van der Waals surface area contributed by atoms with Crippen LogP contribution >= 0.6 is 0 Å². The van der Waals surface area contributed by atoms with Crippen LogP contribution in [0.15, 0.2) is 24.3 Å². The zero-order valence-corrected chi connectivity index (χ0v) is 12.3. The molecule has 0 bridgehead atoms. The molecule has 0 radical (unpaired) electrons. The van der Waals surface area contributed by atoms with Crippen LogP contribution in [0.25, 0.3) is 0 Å². The fourth-order valence-corrected chi connectivity index (χ4v) is 1.73. The number of hydrogen-bond donors (Lipinski definition) is 2. The van der Waals surface area contributed by atoms with Crippen LogP contribution in [-0.2, 0) is 4.79 Å². The summed E-state index contributed by atoms with van der Waals surface area (Å²) in [6.07, 6.45) is 5.25. The zero-order chi connectivity index (χ0) is 15.0. The van der Waals surface area contributed by atoms with Crippen molar-refractivity contribution in [3.8, 4) is 18.1 Å². The van der Waals surface area contributed by atoms with Gasteiger partial charge < -0.3 is 10.1 Å². The van der Waals surface area contributed by atoms with E-state index in [1.54, 1.807) is 0 Å². The molecule has 1 unspecified atom stereocenters. The minimum absolute atomic E-state index is 0.0526. The molecule has 0 saturated carbocycles. The second kappa shape index (κ2) is 8.23. The molecule has 1 aromatic carbocycles. The highest BCUT2D eigenvalue weighted by molar-refractivity contribution is 5.78. The SMILES string of the molecule is C#CCNCC(=O)NC(C)c1ccc(OC(C)C)cc1. The Morgan fingerprint density at radius 1 is 1.30 bits per heavy atom. The summed E-state index contributed by atoms with van der Waals surface area (Å²) in [6, 6.07) is 7.68. The van der Waals surface area contributed by atoms with Crippen molar-refractivity contribution in [3.05, 3.63) is 29.8 Å². The number of nitrogens with one attached hydrogen (secondary N) is 2. The lowest BCUT2D eigenvalue weighted by Gasteiger charge is -2.15. The normalized spacial score (nSPS) is 11.8. The molecule has 2 N–H and O–H groups in total. The molecule has 0 heterocycles. The fourth-order valence-electron chi connectivity index (χ4n) is 1.73. The molecule has 1 amide bonds. The van der Waals surface area contributed by atoms with Gasteiger partial charge in [-0.05, 0) is 38.5 Å². The Hall–Kier alpha value is -1.99. The fraction of sp³-hybridized carbons (Fsp3) is 0.438. The van der Waals surface area contributed by atoms with Gasteiger partial charge in [0.05, 0.1) is 25.2 Å². The molecule has 0 fully saturated rings. The molecule has 4 nitrogen and oxygen atoms in total. The van der Waals surface area contributed by atoms with Crippen molar-refractivity contribution in [3.63, 3.8) is 0 Å². The first kappa shape index (κ1) is 16.1. The highest BCUT2D eigenvalue weighted by atomic mass is 16.5. The van der Waals surface area contributed by atoms with Gasteiger partial charge >= 0.3 is 0 Å². The standard InChI is InChI=1S/C16H22N2O2/c1-5-10-17-11-16(19)18-13(4)14-6-8-15(9-7-14)20-12(2)3/h1,6-9,12-13,17H,10-11H2,2-4H3,(H,18,19). The Labute approximate surface area is 120 Å². The van der Waals surface area contributed by atoms with Crippen molar-refractivity contribution in [1.82, 2.24) is 10.6 Å². The van der Waals surface area contributed by atoms with Gasteiger partial charge in [-0.25, -0.2) is 0 Å². The second-order valence-corrected chi connectivity index (χ2v) is 4.83. The van der Waals surface area contributed by atoms with Gasteiger partial charge in [0.1, 0.15) is 5.75 Å². The monoisotopic (exact) mass is 274 g/mol. The van der Waals surface area contributed by atoms with E-state index in [0.29, 0.717) is 6.54 Å². The Morgan fingerprint density at radius 3 is 2.50 bits per heavy atom. The topological polar surface area (TPSA) is 50.4 Å². The Kier molecular flexibility index (Phi) is 6.61. The highest BCUT2D eigenvalue weighted by Gasteiger charge is 2.09. The predicted octanol–water partition coefficient (Wildman–Crippen LogP) is 1.87. The molecule has 4 heteroatoms. The Bertz CT molecular complexity index is 460. The number of carbonyl (C=O) groups is 1. The van der Waals surface area contributed by atoms with Gasteiger partial charge in [0.15, 0.2) is 0 Å². The number of benzene rings is 1. The van der Waals surface area contributed by atoms with Gasteiger partial charge in [-0.1, -0.05) is 18.1 Å². The summed E-state index contributed by atoms with van der Waals surface area (Å²) < 4.78 is 5.58. The van der Waals surface area contributed by atoms with E-state index in [0.717, 1.165) is 11.3 Å². The molecule has 0 aliphatic rings. The third-order valence-corrected chi connectivity index (χ3v) is 2.64. The summed E-state index contributed by atoms with van der Waals surface area (Å²) >= 11 is 0. The summed E-state index contributed by atoms with van der Waals surface area (Å²) in [4.78, 5) is 11.6. The van der Waals surface area contributed by atoms with E-state index in [4.69, 9.17) is 11.2 Å². The molecule has 1 rings (SSSR count). The maximum atomic E-state index is 11.6. The summed E-state index contributed by atoms with van der Waals surface area (Å²) in [5.41, 5.74) is 1.03. The smallest absolute Gasteiger partial charge is 0.234 e. The molecular weight excluding hydrogens is 252 g/mol. The number of amides is 1. The largest absolute Gasteiger partial charge is 0.491 e. The lowest BCUT2D eigenvalue weighted by atomic mass is 10.1. The lowest BCUT2D eigenvalue weighted by Crippen LogP contribution is -2.35. The molecule has 0 aliphatic heterocycles. The molecule has 20 heavy (non-hydrogen) atoms. The van der Waals surface area contributed by atoms with E-state index in [-0.39, 0.29) is 24.6 Å². The predicted molar refractivity (Wildman–Crippen MR) is 80.5 cm³/mol. The number of terminal acetylenes is 1. The van der Waals surface area contributed by atoms with Crippen molar-refractivity contribution in [2.24, 2.45) is 0 Å². The minimum Gasteiger partial charge on any atom is -0.491 e. The summed E-state index contributed by atoms with van der Waals surface area (Å²) in [6.45, 7) is 6.53. The van der Waals surface area contributed by atoms with Crippen LogP contribution in [0.1, 0.15) is 32.4 Å². The highest BCUT2D eigenvalue weighted by Crippen LogP contribution is 2.18. The van der Waals surface area contributed by atoms with E-state index in [2.05, 4.69) is 16.6 Å². The molecule has 0 saturated heterocycles. The Balaban J connectivity index is 2.49. The van der Waals surface area contributed by atoms with Crippen molar-refractivity contribution in [1.29, 1.82) is 0 Å². The maximum absolute atomic E-state index is 11.6. The summed E-state index contributed by atoms with van der Waals surface area (Å²) in [7, 11) is 0. The van der Waals surface area contributed by atoms with Crippen LogP contribution < -0.4 is 15.4 Å². The summed E-state index contributed by atoms with van der Waals surface area (Å²) in [5.74, 6) is 3.18. The second-order valence-electron chi connectivity index (χ2n) is 4.83. The number of carbonyl (C=O) groups excluding carboxylic acids is 1. The van der Waals surface area contributed by atoms with Crippen LogP contribution in [0.2, 0.25) is 0 Å². The van der Waals surface area contributed by atoms with Crippen molar-refractivity contribution < 1.29 is 9.53 Å². The molecule has 0 aliphatic carbocycles. The van der Waals surface area contributed by atoms with Crippen molar-refractivity contribution in [2.45, 2.75) is 32.9 Å². The van der Waals surface area contributed by atoms with Gasteiger partial charge in [0.25, 0.3) is 0 Å². The molecule has 1 aromatic rings. The number of rotatable bonds is 7. The van der Waals surface area contributed by atoms with Gasteiger partial charge in [-0.15, -0.1) is 6.42 Å². The first-order valence-electron chi connectivity index (χ1n) is 6.73. The summed E-state index contributed by atoms with van der Waals surface area (Å²) in [5, 5.41) is 5.76. The van der Waals surface area contributed by atoms with Crippen LogP contribution in [0, 0.1) is 12.3 Å². The molecule has 0 spiro atoms. The van der Waals surface area contributed by atoms with Crippen LogP contribution in [0.5, 0.6) is 5.75 Å². The van der Waals surface area contributed by atoms with Gasteiger partial charge in [0.2, 0.25) is 5.91 Å². The molecule has 0 aromatic heterocycles. The van der Waals surface area contributed by atoms with E-state index in [1.807, 2.05) is 45.0 Å². The van der Waals surface area contributed by atoms with Gasteiger partial charge in [0, 0.05) is 0 Å². The zero-order valence-electron chi connectivity index (χ0n) is 12.3. The van der Waals surface area contributed by atoms with Crippen molar-refractivity contribution >= 4 is 5.91 Å². The first-order valence-corrected chi connectivity index (χ1v) is 6.73. The Morgan fingerprint density at radius 2 is 1.95 bits per heavy atom. The van der Waals surface area contributed by atoms with Crippen LogP contribution in [0.3, 0.4) is 0 Å². The van der Waals surface area contributed by atoms with Gasteiger partial charge in [-0.3, -0.25) is 10.1 Å². The molecular formula is C16H22N2O2. The number of hydrogen-bond acceptors (Lipinski definition) is 3. The van der Waals surface area contributed by atoms with Crippen LogP contribution in [-0.4, -0.2) is 25.1 Å². The van der Waals surface area contributed by atoms with E-state index in [1.165, 1.54) is 0 Å².